The molecule has 0 saturated heterocycles. The van der Waals surface area contributed by atoms with Gasteiger partial charge in [0.05, 0.1) is 18.2 Å². The van der Waals surface area contributed by atoms with Crippen LogP contribution in [0, 0.1) is 5.41 Å². The predicted octanol–water partition coefficient (Wildman–Crippen LogP) is 2.85. The number of hydrogen-bond donors (Lipinski definition) is 2. The number of carboxylic acids is 1. The summed E-state index contributed by atoms with van der Waals surface area (Å²) in [6, 6.07) is 9.83. The molecule has 1 aromatic rings. The summed E-state index contributed by atoms with van der Waals surface area (Å²) in [5.74, 6) is 0.406. The van der Waals surface area contributed by atoms with Crippen LogP contribution in [-0.4, -0.2) is 28.5 Å². The van der Waals surface area contributed by atoms with Gasteiger partial charge in [0.2, 0.25) is 5.91 Å². The summed E-state index contributed by atoms with van der Waals surface area (Å²) < 4.78 is 0. The summed E-state index contributed by atoms with van der Waals surface area (Å²) in [6.45, 7) is 1.96. The minimum absolute atomic E-state index is 0.00229. The molecular formula is C16H21NO3S. The highest BCUT2D eigenvalue weighted by molar-refractivity contribution is 7.99. The molecule has 1 amide bonds. The highest BCUT2D eigenvalue weighted by atomic mass is 32.2. The lowest BCUT2D eigenvalue weighted by Gasteiger charge is -2.15. The number of nitrogens with one attached hydrogen (secondary N) is 1. The first-order chi connectivity index (χ1) is 10.0. The quantitative estimate of drug-likeness (QED) is 0.775. The van der Waals surface area contributed by atoms with E-state index < -0.39 is 5.97 Å². The Morgan fingerprint density at radius 3 is 2.57 bits per heavy atom. The van der Waals surface area contributed by atoms with Crippen molar-refractivity contribution in [3.05, 3.63) is 35.9 Å². The maximum absolute atomic E-state index is 11.9. The molecule has 0 spiro atoms. The molecule has 114 valence electrons. The molecule has 2 rings (SSSR count). The second kappa shape index (κ2) is 6.98. The Morgan fingerprint density at radius 2 is 2.00 bits per heavy atom. The molecule has 1 atom stereocenters. The molecule has 1 aromatic carbocycles. The van der Waals surface area contributed by atoms with Crippen molar-refractivity contribution < 1.29 is 14.7 Å². The fourth-order valence-corrected chi connectivity index (χ4v) is 3.53. The smallest absolute Gasteiger partial charge is 0.303 e. The Labute approximate surface area is 129 Å². The van der Waals surface area contributed by atoms with E-state index in [0.29, 0.717) is 5.75 Å². The zero-order chi connectivity index (χ0) is 15.3. The summed E-state index contributed by atoms with van der Waals surface area (Å²) >= 11 is 1.53. The van der Waals surface area contributed by atoms with E-state index in [9.17, 15) is 9.59 Å². The van der Waals surface area contributed by atoms with Crippen LogP contribution >= 0.6 is 11.8 Å². The van der Waals surface area contributed by atoms with Gasteiger partial charge in [0.25, 0.3) is 0 Å². The summed E-state index contributed by atoms with van der Waals surface area (Å²) in [5, 5.41) is 11.8. The second-order valence-corrected chi connectivity index (χ2v) is 6.75. The second-order valence-electron chi connectivity index (χ2n) is 5.76. The van der Waals surface area contributed by atoms with Crippen LogP contribution in [0.15, 0.2) is 30.3 Å². The largest absolute Gasteiger partial charge is 0.481 e. The summed E-state index contributed by atoms with van der Waals surface area (Å²) in [4.78, 5) is 22.7. The van der Waals surface area contributed by atoms with Crippen molar-refractivity contribution in [2.75, 3.05) is 11.5 Å². The van der Waals surface area contributed by atoms with Gasteiger partial charge in [-0.2, -0.15) is 11.8 Å². The Bertz CT molecular complexity index is 500. The van der Waals surface area contributed by atoms with Crippen LogP contribution in [0.25, 0.3) is 0 Å². The van der Waals surface area contributed by atoms with Crippen molar-refractivity contribution in [2.45, 2.75) is 32.2 Å². The molecule has 1 saturated carbocycles. The van der Waals surface area contributed by atoms with E-state index in [0.717, 1.165) is 24.2 Å². The van der Waals surface area contributed by atoms with Gasteiger partial charge in [0.15, 0.2) is 0 Å². The highest BCUT2D eigenvalue weighted by Crippen LogP contribution is 2.50. The van der Waals surface area contributed by atoms with Crippen LogP contribution in [0.5, 0.6) is 0 Å². The van der Waals surface area contributed by atoms with Crippen molar-refractivity contribution in [1.82, 2.24) is 5.32 Å². The van der Waals surface area contributed by atoms with Crippen LogP contribution in [-0.2, 0) is 9.59 Å². The van der Waals surface area contributed by atoms with Crippen LogP contribution in [0.1, 0.15) is 37.8 Å². The van der Waals surface area contributed by atoms with Gasteiger partial charge < -0.3 is 10.4 Å². The van der Waals surface area contributed by atoms with Crippen LogP contribution in [0.2, 0.25) is 0 Å². The first kappa shape index (κ1) is 15.9. The number of benzene rings is 1. The van der Waals surface area contributed by atoms with E-state index in [2.05, 4.69) is 5.32 Å². The molecule has 1 unspecified atom stereocenters. The number of carbonyl (C=O) groups is 2. The molecule has 0 heterocycles. The third kappa shape index (κ3) is 5.08. The Balaban J connectivity index is 1.69. The highest BCUT2D eigenvalue weighted by Gasteiger charge is 2.44. The number of carboxylic acid groups (broad SMARTS) is 1. The number of hydrogen-bond acceptors (Lipinski definition) is 3. The normalized spacial score (nSPS) is 17.0. The molecule has 4 nitrogen and oxygen atoms in total. The zero-order valence-corrected chi connectivity index (χ0v) is 13.0. The maximum Gasteiger partial charge on any atom is 0.303 e. The third-order valence-electron chi connectivity index (χ3n) is 3.80. The van der Waals surface area contributed by atoms with Crippen molar-refractivity contribution in [2.24, 2.45) is 5.41 Å². The average Bonchev–Trinajstić information content (AvgIpc) is 3.18. The fraction of sp³-hybridized carbons (Fsp3) is 0.500. The van der Waals surface area contributed by atoms with Crippen molar-refractivity contribution >= 4 is 23.6 Å². The molecular weight excluding hydrogens is 286 g/mol. The van der Waals surface area contributed by atoms with Crippen LogP contribution < -0.4 is 5.32 Å². The topological polar surface area (TPSA) is 66.4 Å². The van der Waals surface area contributed by atoms with Gasteiger partial charge in [-0.05, 0) is 36.5 Å². The molecule has 0 aromatic heterocycles. The van der Waals surface area contributed by atoms with Gasteiger partial charge in [0, 0.05) is 0 Å². The van der Waals surface area contributed by atoms with E-state index >= 15 is 0 Å². The summed E-state index contributed by atoms with van der Waals surface area (Å²) in [7, 11) is 0. The van der Waals surface area contributed by atoms with Crippen molar-refractivity contribution in [1.29, 1.82) is 0 Å². The number of aliphatic carboxylic acids is 1. The summed E-state index contributed by atoms with van der Waals surface area (Å²) in [5.41, 5.74) is 1.03. The zero-order valence-electron chi connectivity index (χ0n) is 12.2. The van der Waals surface area contributed by atoms with E-state index in [4.69, 9.17) is 5.11 Å². The minimum Gasteiger partial charge on any atom is -0.481 e. The van der Waals surface area contributed by atoms with Crippen LogP contribution in [0.3, 0.4) is 0 Å². The van der Waals surface area contributed by atoms with Gasteiger partial charge in [-0.25, -0.2) is 0 Å². The van der Waals surface area contributed by atoms with E-state index in [1.54, 1.807) is 0 Å². The van der Waals surface area contributed by atoms with Crippen molar-refractivity contribution in [3.63, 3.8) is 0 Å². The standard InChI is InChI=1S/C16H21NO3S/c1-12(13-5-3-2-4-6-13)17-14(18)10-21-11-16(7-8-16)9-15(19)20/h2-6,12H,7-11H2,1H3,(H,17,18)(H,19,20). The van der Waals surface area contributed by atoms with Crippen molar-refractivity contribution in [3.8, 4) is 0 Å². The Hall–Kier alpha value is -1.49. The average molecular weight is 307 g/mol. The lowest BCUT2D eigenvalue weighted by atomic mass is 10.1. The lowest BCUT2D eigenvalue weighted by Crippen LogP contribution is -2.28. The molecule has 5 heteroatoms. The molecule has 2 N–H and O–H groups in total. The molecule has 1 fully saturated rings. The molecule has 0 bridgehead atoms. The molecule has 0 radical (unpaired) electrons. The van der Waals surface area contributed by atoms with Crippen LogP contribution in [0.4, 0.5) is 0 Å². The third-order valence-corrected chi connectivity index (χ3v) is 5.08. The fourth-order valence-electron chi connectivity index (χ4n) is 2.34. The Morgan fingerprint density at radius 1 is 1.33 bits per heavy atom. The van der Waals surface area contributed by atoms with Gasteiger partial charge in [-0.3, -0.25) is 9.59 Å². The van der Waals surface area contributed by atoms with Gasteiger partial charge >= 0.3 is 5.97 Å². The minimum atomic E-state index is -0.741. The van der Waals surface area contributed by atoms with Gasteiger partial charge in [0.1, 0.15) is 0 Å². The van der Waals surface area contributed by atoms with E-state index in [1.807, 2.05) is 37.3 Å². The maximum atomic E-state index is 11.9. The van der Waals surface area contributed by atoms with E-state index in [1.165, 1.54) is 11.8 Å². The lowest BCUT2D eigenvalue weighted by molar-refractivity contribution is -0.138. The summed E-state index contributed by atoms with van der Waals surface area (Å²) in [6.07, 6.45) is 2.16. The predicted molar refractivity (Wildman–Crippen MR) is 84.2 cm³/mol. The number of amides is 1. The monoisotopic (exact) mass is 307 g/mol. The number of rotatable bonds is 8. The number of thioether (sulfide) groups is 1. The van der Waals surface area contributed by atoms with E-state index in [-0.39, 0.29) is 23.8 Å². The molecule has 1 aliphatic carbocycles. The van der Waals surface area contributed by atoms with Gasteiger partial charge in [-0.1, -0.05) is 30.3 Å². The first-order valence-electron chi connectivity index (χ1n) is 7.15. The SMILES string of the molecule is CC(NC(=O)CSCC1(CC(=O)O)CC1)c1ccccc1. The number of carbonyl (C=O) groups excluding carboxylic acids is 1. The Kier molecular flexibility index (Phi) is 5.28. The molecule has 0 aliphatic heterocycles. The molecule has 21 heavy (non-hydrogen) atoms. The molecule has 1 aliphatic rings. The van der Waals surface area contributed by atoms with Gasteiger partial charge in [-0.15, -0.1) is 0 Å². The first-order valence-corrected chi connectivity index (χ1v) is 8.30.